The second-order valence-electron chi connectivity index (χ2n) is 4.64. The van der Waals surface area contributed by atoms with Crippen molar-refractivity contribution in [2.45, 2.75) is 26.0 Å². The van der Waals surface area contributed by atoms with Gasteiger partial charge in [-0.2, -0.15) is 8.78 Å². The molecule has 0 saturated heterocycles. The van der Waals surface area contributed by atoms with Crippen molar-refractivity contribution < 1.29 is 13.5 Å². The summed E-state index contributed by atoms with van der Waals surface area (Å²) >= 11 is 0. The Hall–Kier alpha value is -1.98. The number of halogens is 2. The fourth-order valence-electron chi connectivity index (χ4n) is 2.17. The molecule has 1 unspecified atom stereocenters. The molecule has 5 heteroatoms. The lowest BCUT2D eigenvalue weighted by atomic mass is 9.98. The monoisotopic (exact) mass is 292 g/mol. The summed E-state index contributed by atoms with van der Waals surface area (Å²) in [4.78, 5) is 0. The van der Waals surface area contributed by atoms with E-state index in [0.29, 0.717) is 0 Å². The molecule has 0 aliphatic heterocycles. The van der Waals surface area contributed by atoms with Crippen LogP contribution in [0.2, 0.25) is 0 Å². The van der Waals surface area contributed by atoms with Crippen LogP contribution in [0, 0.1) is 0 Å². The third-order valence-corrected chi connectivity index (χ3v) is 3.33. The van der Waals surface area contributed by atoms with Crippen molar-refractivity contribution in [2.24, 2.45) is 5.84 Å². The summed E-state index contributed by atoms with van der Waals surface area (Å²) in [7, 11) is 0. The highest BCUT2D eigenvalue weighted by Gasteiger charge is 2.13. The van der Waals surface area contributed by atoms with Crippen molar-refractivity contribution in [3.8, 4) is 5.75 Å². The van der Waals surface area contributed by atoms with Gasteiger partial charge in [-0.05, 0) is 35.2 Å². The number of hydrogen-bond acceptors (Lipinski definition) is 3. The van der Waals surface area contributed by atoms with Gasteiger partial charge in [0.05, 0.1) is 6.04 Å². The predicted octanol–water partition coefficient (Wildman–Crippen LogP) is 3.40. The summed E-state index contributed by atoms with van der Waals surface area (Å²) in [6.45, 7) is -0.726. The molecule has 0 amide bonds. The summed E-state index contributed by atoms with van der Waals surface area (Å²) in [6.07, 6.45) is 0.973. The summed E-state index contributed by atoms with van der Waals surface area (Å²) in [5, 5.41) is 0. The molecule has 0 aliphatic rings. The largest absolute Gasteiger partial charge is 0.435 e. The normalized spacial score (nSPS) is 12.4. The molecular weight excluding hydrogens is 274 g/mol. The van der Waals surface area contributed by atoms with Gasteiger partial charge in [0, 0.05) is 0 Å². The van der Waals surface area contributed by atoms with E-state index in [2.05, 4.69) is 17.1 Å². The van der Waals surface area contributed by atoms with E-state index in [9.17, 15) is 8.78 Å². The van der Waals surface area contributed by atoms with E-state index in [0.717, 1.165) is 17.5 Å². The molecule has 1 atom stereocenters. The Morgan fingerprint density at radius 1 is 1.00 bits per heavy atom. The van der Waals surface area contributed by atoms with Crippen LogP contribution in [0.25, 0.3) is 0 Å². The second-order valence-corrected chi connectivity index (χ2v) is 4.64. The first kappa shape index (κ1) is 15.4. The SMILES string of the molecule is CCc1ccc(C(NN)c2ccc(OC(F)F)cc2)cc1. The van der Waals surface area contributed by atoms with Crippen molar-refractivity contribution in [3.63, 3.8) is 0 Å². The standard InChI is InChI=1S/C16H18F2N2O/c1-2-11-3-5-12(6-4-11)15(20-19)13-7-9-14(10-8-13)21-16(17)18/h3-10,15-16,20H,2,19H2,1H3. The molecule has 21 heavy (non-hydrogen) atoms. The second kappa shape index (κ2) is 7.15. The maximum Gasteiger partial charge on any atom is 0.387 e. The van der Waals surface area contributed by atoms with E-state index in [-0.39, 0.29) is 11.8 Å². The molecule has 3 N–H and O–H groups in total. The molecule has 3 nitrogen and oxygen atoms in total. The molecule has 0 saturated carbocycles. The fourth-order valence-corrected chi connectivity index (χ4v) is 2.17. The molecule has 0 fully saturated rings. The van der Waals surface area contributed by atoms with Gasteiger partial charge in [0.1, 0.15) is 5.75 Å². The van der Waals surface area contributed by atoms with Crippen molar-refractivity contribution >= 4 is 0 Å². The first-order valence-corrected chi connectivity index (χ1v) is 6.73. The molecule has 0 aromatic heterocycles. The Morgan fingerprint density at radius 3 is 1.95 bits per heavy atom. The van der Waals surface area contributed by atoms with Crippen LogP contribution >= 0.6 is 0 Å². The van der Waals surface area contributed by atoms with Crippen LogP contribution in [-0.4, -0.2) is 6.61 Å². The van der Waals surface area contributed by atoms with Gasteiger partial charge >= 0.3 is 6.61 Å². The van der Waals surface area contributed by atoms with Gasteiger partial charge < -0.3 is 4.74 Å². The van der Waals surface area contributed by atoms with E-state index in [1.165, 1.54) is 17.7 Å². The van der Waals surface area contributed by atoms with E-state index < -0.39 is 6.61 Å². The molecule has 0 bridgehead atoms. The Kier molecular flexibility index (Phi) is 5.25. The Balaban J connectivity index is 2.19. The van der Waals surface area contributed by atoms with Gasteiger partial charge in [0.2, 0.25) is 0 Å². The fraction of sp³-hybridized carbons (Fsp3) is 0.250. The zero-order valence-electron chi connectivity index (χ0n) is 11.7. The Labute approximate surface area is 122 Å². The third-order valence-electron chi connectivity index (χ3n) is 3.33. The average Bonchev–Trinajstić information content (AvgIpc) is 2.50. The number of nitrogens with one attached hydrogen (secondary N) is 1. The molecular formula is C16H18F2N2O. The number of rotatable bonds is 6. The van der Waals surface area contributed by atoms with E-state index in [1.807, 2.05) is 24.3 Å². The number of alkyl halides is 2. The van der Waals surface area contributed by atoms with Crippen molar-refractivity contribution in [3.05, 3.63) is 65.2 Å². The van der Waals surface area contributed by atoms with E-state index >= 15 is 0 Å². The van der Waals surface area contributed by atoms with Crippen LogP contribution in [-0.2, 0) is 6.42 Å². The first-order chi connectivity index (χ1) is 10.1. The van der Waals surface area contributed by atoms with Gasteiger partial charge in [-0.3, -0.25) is 5.84 Å². The minimum absolute atomic E-state index is 0.130. The number of nitrogens with two attached hydrogens (primary N) is 1. The smallest absolute Gasteiger partial charge is 0.387 e. The zero-order chi connectivity index (χ0) is 15.2. The van der Waals surface area contributed by atoms with Crippen LogP contribution in [0.15, 0.2) is 48.5 Å². The highest BCUT2D eigenvalue weighted by atomic mass is 19.3. The van der Waals surface area contributed by atoms with Gasteiger partial charge in [0.25, 0.3) is 0 Å². The Bertz CT molecular complexity index is 555. The zero-order valence-corrected chi connectivity index (χ0v) is 11.7. The molecule has 112 valence electrons. The summed E-state index contributed by atoms with van der Waals surface area (Å²) < 4.78 is 28.6. The number of hydrogen-bond donors (Lipinski definition) is 2. The molecule has 0 heterocycles. The number of benzene rings is 2. The maximum atomic E-state index is 12.1. The highest BCUT2D eigenvalue weighted by Crippen LogP contribution is 2.24. The quantitative estimate of drug-likeness (QED) is 0.633. The molecule has 0 radical (unpaired) electrons. The molecule has 0 spiro atoms. The highest BCUT2D eigenvalue weighted by molar-refractivity contribution is 5.36. The summed E-state index contributed by atoms with van der Waals surface area (Å²) in [5.74, 6) is 5.76. The predicted molar refractivity (Wildman–Crippen MR) is 78.1 cm³/mol. The Morgan fingerprint density at radius 2 is 1.52 bits per heavy atom. The number of ether oxygens (including phenoxy) is 1. The van der Waals surface area contributed by atoms with Crippen LogP contribution in [0.3, 0.4) is 0 Å². The minimum atomic E-state index is -2.82. The molecule has 2 aromatic rings. The van der Waals surface area contributed by atoms with E-state index in [4.69, 9.17) is 5.84 Å². The van der Waals surface area contributed by atoms with Crippen molar-refractivity contribution in [1.82, 2.24) is 5.43 Å². The number of aryl methyl sites for hydroxylation is 1. The molecule has 2 aromatic carbocycles. The average molecular weight is 292 g/mol. The lowest BCUT2D eigenvalue weighted by Crippen LogP contribution is -2.28. The maximum absolute atomic E-state index is 12.1. The summed E-state index contributed by atoms with van der Waals surface area (Å²) in [5.41, 5.74) is 5.88. The summed E-state index contributed by atoms with van der Waals surface area (Å²) in [6, 6.07) is 14.4. The van der Waals surface area contributed by atoms with Gasteiger partial charge in [-0.15, -0.1) is 0 Å². The van der Waals surface area contributed by atoms with Gasteiger partial charge in [-0.25, -0.2) is 5.43 Å². The van der Waals surface area contributed by atoms with Crippen LogP contribution < -0.4 is 16.0 Å². The topological polar surface area (TPSA) is 47.3 Å². The van der Waals surface area contributed by atoms with Crippen LogP contribution in [0.5, 0.6) is 5.75 Å². The van der Waals surface area contributed by atoms with Crippen molar-refractivity contribution in [2.75, 3.05) is 0 Å². The molecule has 0 aliphatic carbocycles. The van der Waals surface area contributed by atoms with Gasteiger partial charge in [0.15, 0.2) is 0 Å². The first-order valence-electron chi connectivity index (χ1n) is 6.73. The molecule has 2 rings (SSSR count). The van der Waals surface area contributed by atoms with E-state index in [1.54, 1.807) is 12.1 Å². The number of hydrazine groups is 1. The minimum Gasteiger partial charge on any atom is -0.435 e. The third kappa shape index (κ3) is 4.00. The van der Waals surface area contributed by atoms with Crippen molar-refractivity contribution in [1.29, 1.82) is 0 Å². The lowest BCUT2D eigenvalue weighted by molar-refractivity contribution is -0.0498. The van der Waals surface area contributed by atoms with Gasteiger partial charge in [-0.1, -0.05) is 43.3 Å². The van der Waals surface area contributed by atoms with Crippen LogP contribution in [0.1, 0.15) is 29.7 Å². The van der Waals surface area contributed by atoms with Crippen LogP contribution in [0.4, 0.5) is 8.78 Å². The lowest BCUT2D eigenvalue weighted by Gasteiger charge is -2.17.